The minimum Gasteiger partial charge on any atom is -0.328 e. The lowest BCUT2D eigenvalue weighted by molar-refractivity contribution is 0.652. The predicted molar refractivity (Wildman–Crippen MR) is 80.1 cm³/mol. The van der Waals surface area contributed by atoms with Crippen LogP contribution in [0.3, 0.4) is 0 Å². The molecule has 0 saturated carbocycles. The van der Waals surface area contributed by atoms with Crippen molar-refractivity contribution in [3.8, 4) is 0 Å². The average Bonchev–Trinajstić information content (AvgIpc) is 2.73. The van der Waals surface area contributed by atoms with Gasteiger partial charge in [0.05, 0.1) is 11.0 Å². The lowest BCUT2D eigenvalue weighted by Crippen LogP contribution is -2.27. The van der Waals surface area contributed by atoms with Crippen LogP contribution in [0.4, 0.5) is 0 Å². The van der Waals surface area contributed by atoms with Crippen LogP contribution in [0.5, 0.6) is 0 Å². The van der Waals surface area contributed by atoms with Crippen LogP contribution in [-0.2, 0) is 13.0 Å². The van der Waals surface area contributed by atoms with Crippen molar-refractivity contribution >= 4 is 22.8 Å². The number of fused-ring (bicyclic) bond motifs is 1. The number of thioether (sulfide) groups is 1. The van der Waals surface area contributed by atoms with Crippen LogP contribution in [0.25, 0.3) is 11.0 Å². The van der Waals surface area contributed by atoms with Gasteiger partial charge in [0.25, 0.3) is 0 Å². The number of imidazole rings is 1. The number of nitrogens with zero attached hydrogens (tertiary/aromatic N) is 2. The molecule has 2 rings (SSSR count). The molecular weight excluding hydrogens is 242 g/mol. The first-order valence-corrected chi connectivity index (χ1v) is 7.69. The Labute approximate surface area is 113 Å². The summed E-state index contributed by atoms with van der Waals surface area (Å²) in [6, 6.07) is 8.48. The number of para-hydroxylation sites is 2. The highest BCUT2D eigenvalue weighted by molar-refractivity contribution is 7.99. The van der Waals surface area contributed by atoms with Crippen molar-refractivity contribution in [1.82, 2.24) is 9.55 Å². The number of hydrogen-bond donors (Lipinski definition) is 1. The molecule has 0 bridgehead atoms. The fraction of sp³-hybridized carbons (Fsp3) is 0.500. The zero-order valence-corrected chi connectivity index (χ0v) is 11.9. The Morgan fingerprint density at radius 3 is 2.83 bits per heavy atom. The van der Waals surface area contributed by atoms with E-state index >= 15 is 0 Å². The number of nitrogens with two attached hydrogens (primary N) is 1. The normalized spacial score (nSPS) is 13.1. The Bertz CT molecular complexity index is 507. The van der Waals surface area contributed by atoms with Gasteiger partial charge in [-0.15, -0.1) is 0 Å². The molecular formula is C14H21N3S. The van der Waals surface area contributed by atoms with E-state index in [9.17, 15) is 0 Å². The molecule has 2 aromatic rings. The highest BCUT2D eigenvalue weighted by Crippen LogP contribution is 2.17. The van der Waals surface area contributed by atoms with Crippen molar-refractivity contribution in [3.63, 3.8) is 0 Å². The summed E-state index contributed by atoms with van der Waals surface area (Å²) in [4.78, 5) is 4.71. The minimum absolute atomic E-state index is 0.192. The number of benzene rings is 1. The minimum atomic E-state index is 0.192. The smallest absolute Gasteiger partial charge is 0.111 e. The molecule has 4 heteroatoms. The standard InChI is InChI=1S/C14H21N3S/c1-3-17-13-8-6-5-7-12(13)16-14(17)9-11(15)10-18-4-2/h5-8,11H,3-4,9-10,15H2,1-2H3. The Morgan fingerprint density at radius 2 is 2.11 bits per heavy atom. The zero-order valence-electron chi connectivity index (χ0n) is 11.1. The Balaban J connectivity index is 2.21. The van der Waals surface area contributed by atoms with Gasteiger partial charge >= 0.3 is 0 Å². The molecule has 1 aromatic heterocycles. The lowest BCUT2D eigenvalue weighted by Gasteiger charge is -2.11. The second kappa shape index (κ2) is 6.25. The second-order valence-electron chi connectivity index (χ2n) is 4.38. The van der Waals surface area contributed by atoms with Crippen molar-refractivity contribution in [1.29, 1.82) is 0 Å². The molecule has 0 amide bonds. The number of aryl methyl sites for hydroxylation is 1. The van der Waals surface area contributed by atoms with E-state index in [0.29, 0.717) is 0 Å². The molecule has 1 atom stereocenters. The van der Waals surface area contributed by atoms with Crippen molar-refractivity contribution in [2.24, 2.45) is 5.73 Å². The predicted octanol–water partition coefficient (Wildman–Crippen LogP) is 2.68. The summed E-state index contributed by atoms with van der Waals surface area (Å²) in [5.74, 6) is 3.24. The van der Waals surface area contributed by atoms with E-state index in [1.54, 1.807) is 0 Å². The summed E-state index contributed by atoms with van der Waals surface area (Å²) in [6.07, 6.45) is 0.857. The van der Waals surface area contributed by atoms with Crippen LogP contribution in [0.1, 0.15) is 19.7 Å². The van der Waals surface area contributed by atoms with Gasteiger partial charge in [-0.1, -0.05) is 19.1 Å². The fourth-order valence-corrected chi connectivity index (χ4v) is 2.85. The van der Waals surface area contributed by atoms with Crippen LogP contribution in [-0.4, -0.2) is 27.1 Å². The molecule has 0 saturated heterocycles. The Morgan fingerprint density at radius 1 is 1.33 bits per heavy atom. The van der Waals surface area contributed by atoms with Crippen LogP contribution >= 0.6 is 11.8 Å². The van der Waals surface area contributed by atoms with Crippen LogP contribution < -0.4 is 5.73 Å². The van der Waals surface area contributed by atoms with E-state index < -0.39 is 0 Å². The fourth-order valence-electron chi connectivity index (χ4n) is 2.20. The maximum atomic E-state index is 6.16. The van der Waals surface area contributed by atoms with E-state index in [-0.39, 0.29) is 6.04 Å². The number of hydrogen-bond acceptors (Lipinski definition) is 3. The largest absolute Gasteiger partial charge is 0.328 e. The van der Waals surface area contributed by atoms with Crippen LogP contribution in [0, 0.1) is 0 Å². The third-order valence-electron chi connectivity index (χ3n) is 3.03. The van der Waals surface area contributed by atoms with E-state index in [1.807, 2.05) is 17.8 Å². The quantitative estimate of drug-likeness (QED) is 0.871. The number of aromatic nitrogens is 2. The van der Waals surface area contributed by atoms with Crippen molar-refractivity contribution < 1.29 is 0 Å². The first-order valence-electron chi connectivity index (χ1n) is 6.53. The van der Waals surface area contributed by atoms with Crippen LogP contribution in [0.15, 0.2) is 24.3 Å². The molecule has 1 aromatic carbocycles. The molecule has 0 aliphatic heterocycles. The molecule has 3 nitrogen and oxygen atoms in total. The first kappa shape index (κ1) is 13.4. The van der Waals surface area contributed by atoms with E-state index in [2.05, 4.69) is 36.6 Å². The SMILES string of the molecule is CCSCC(N)Cc1nc2ccccc2n1CC. The van der Waals surface area contributed by atoms with E-state index in [0.717, 1.165) is 35.8 Å². The third-order valence-corrected chi connectivity index (χ3v) is 4.10. The van der Waals surface area contributed by atoms with Gasteiger partial charge in [0, 0.05) is 24.8 Å². The average molecular weight is 263 g/mol. The molecule has 0 aliphatic carbocycles. The van der Waals surface area contributed by atoms with Gasteiger partial charge in [-0.2, -0.15) is 11.8 Å². The first-order chi connectivity index (χ1) is 8.76. The van der Waals surface area contributed by atoms with Crippen molar-refractivity contribution in [2.75, 3.05) is 11.5 Å². The Kier molecular flexibility index (Phi) is 4.66. The summed E-state index contributed by atoms with van der Waals surface area (Å²) < 4.78 is 2.27. The maximum absolute atomic E-state index is 6.16. The molecule has 0 fully saturated rings. The molecule has 0 radical (unpaired) electrons. The van der Waals surface area contributed by atoms with Gasteiger partial charge in [0.1, 0.15) is 5.82 Å². The van der Waals surface area contributed by atoms with Gasteiger partial charge < -0.3 is 10.3 Å². The topological polar surface area (TPSA) is 43.8 Å². The lowest BCUT2D eigenvalue weighted by atomic mass is 10.2. The van der Waals surface area contributed by atoms with Gasteiger partial charge in [0.2, 0.25) is 0 Å². The van der Waals surface area contributed by atoms with Gasteiger partial charge in [0.15, 0.2) is 0 Å². The molecule has 0 spiro atoms. The highest BCUT2D eigenvalue weighted by Gasteiger charge is 2.12. The second-order valence-corrected chi connectivity index (χ2v) is 5.70. The molecule has 2 N–H and O–H groups in total. The molecule has 98 valence electrons. The monoisotopic (exact) mass is 263 g/mol. The van der Waals surface area contributed by atoms with Gasteiger partial charge in [-0.3, -0.25) is 0 Å². The summed E-state index contributed by atoms with van der Waals surface area (Å²) in [5.41, 5.74) is 8.45. The van der Waals surface area contributed by atoms with Crippen LogP contribution in [0.2, 0.25) is 0 Å². The van der Waals surface area contributed by atoms with E-state index in [1.165, 1.54) is 5.52 Å². The Hall–Kier alpha value is -1.00. The summed E-state index contributed by atoms with van der Waals surface area (Å²) in [5, 5.41) is 0. The third kappa shape index (κ3) is 2.87. The highest BCUT2D eigenvalue weighted by atomic mass is 32.2. The summed E-state index contributed by atoms with van der Waals surface area (Å²) in [7, 11) is 0. The zero-order chi connectivity index (χ0) is 13.0. The molecule has 0 aliphatic rings. The molecule has 1 heterocycles. The van der Waals surface area contributed by atoms with Crippen molar-refractivity contribution in [3.05, 3.63) is 30.1 Å². The maximum Gasteiger partial charge on any atom is 0.111 e. The van der Waals surface area contributed by atoms with E-state index in [4.69, 9.17) is 10.7 Å². The van der Waals surface area contributed by atoms with Gasteiger partial charge in [-0.25, -0.2) is 4.98 Å². The molecule has 18 heavy (non-hydrogen) atoms. The number of rotatable bonds is 6. The van der Waals surface area contributed by atoms with Crippen molar-refractivity contribution in [2.45, 2.75) is 32.9 Å². The summed E-state index contributed by atoms with van der Waals surface area (Å²) in [6.45, 7) is 5.27. The van der Waals surface area contributed by atoms with Gasteiger partial charge in [-0.05, 0) is 24.8 Å². The summed E-state index contributed by atoms with van der Waals surface area (Å²) >= 11 is 1.89. The molecule has 1 unspecified atom stereocenters.